The average molecular weight is 378 g/mol. The highest BCUT2D eigenvalue weighted by molar-refractivity contribution is 6.07. The standard InChI is InChI=1S/C20H22N6O2/c21-8-5-17(22)15-4-2-1-3-13(15)11-18-24-19-16(20(27)25-18)12-23-26(19)14-6-9-28-10-7-14/h1-5,8,12,14,22H,6-7,9-11,21H2,(H,24,25,27)/b8-5-,22-17?. The number of nitrogens with one attached hydrogen (secondary N) is 2. The van der Waals surface area contributed by atoms with Crippen LogP contribution in [0.4, 0.5) is 0 Å². The fourth-order valence-corrected chi connectivity index (χ4v) is 3.57. The Morgan fingerprint density at radius 2 is 2.14 bits per heavy atom. The lowest BCUT2D eigenvalue weighted by molar-refractivity contribution is 0.0673. The van der Waals surface area contributed by atoms with E-state index in [-0.39, 0.29) is 11.6 Å². The van der Waals surface area contributed by atoms with E-state index in [0.717, 1.165) is 24.0 Å². The molecule has 1 saturated heterocycles. The Labute approximate surface area is 161 Å². The summed E-state index contributed by atoms with van der Waals surface area (Å²) in [6.07, 6.45) is 6.57. The molecule has 0 radical (unpaired) electrons. The minimum atomic E-state index is -0.201. The number of allylic oxidation sites excluding steroid dienone is 1. The van der Waals surface area contributed by atoms with Crippen molar-refractivity contribution in [3.8, 4) is 0 Å². The molecule has 0 atom stereocenters. The van der Waals surface area contributed by atoms with E-state index in [4.69, 9.17) is 20.9 Å². The highest BCUT2D eigenvalue weighted by atomic mass is 16.5. The van der Waals surface area contributed by atoms with Gasteiger partial charge in [0.1, 0.15) is 11.2 Å². The van der Waals surface area contributed by atoms with Gasteiger partial charge in [0, 0.05) is 25.2 Å². The molecule has 0 amide bonds. The minimum absolute atomic E-state index is 0.184. The summed E-state index contributed by atoms with van der Waals surface area (Å²) in [4.78, 5) is 20.1. The summed E-state index contributed by atoms with van der Waals surface area (Å²) in [5.74, 6) is 0.545. The van der Waals surface area contributed by atoms with Gasteiger partial charge in [0.15, 0.2) is 5.65 Å². The number of nitrogens with zero attached hydrogens (tertiary/aromatic N) is 3. The fraction of sp³-hybridized carbons (Fsp3) is 0.300. The predicted octanol–water partition coefficient (Wildman–Crippen LogP) is 1.90. The topological polar surface area (TPSA) is 123 Å². The fourth-order valence-electron chi connectivity index (χ4n) is 3.57. The van der Waals surface area contributed by atoms with Crippen LogP contribution in [-0.4, -0.2) is 38.7 Å². The molecule has 3 aromatic rings. The highest BCUT2D eigenvalue weighted by Crippen LogP contribution is 2.23. The van der Waals surface area contributed by atoms with Crippen molar-refractivity contribution < 1.29 is 4.74 Å². The Balaban J connectivity index is 1.72. The Bertz CT molecular complexity index is 1090. The van der Waals surface area contributed by atoms with Crippen LogP contribution in [0, 0.1) is 5.41 Å². The van der Waals surface area contributed by atoms with Crippen molar-refractivity contribution in [1.82, 2.24) is 19.7 Å². The molecule has 8 nitrogen and oxygen atoms in total. The van der Waals surface area contributed by atoms with Crippen molar-refractivity contribution in [2.24, 2.45) is 5.73 Å². The van der Waals surface area contributed by atoms with E-state index in [9.17, 15) is 4.79 Å². The van der Waals surface area contributed by atoms with Crippen molar-refractivity contribution >= 4 is 16.7 Å². The largest absolute Gasteiger partial charge is 0.405 e. The molecule has 3 heterocycles. The Hall–Kier alpha value is -3.26. The maximum absolute atomic E-state index is 12.6. The Morgan fingerprint density at radius 1 is 1.36 bits per heavy atom. The van der Waals surface area contributed by atoms with Crippen LogP contribution in [0.3, 0.4) is 0 Å². The predicted molar refractivity (Wildman–Crippen MR) is 107 cm³/mol. The average Bonchev–Trinajstić information content (AvgIpc) is 3.14. The van der Waals surface area contributed by atoms with E-state index >= 15 is 0 Å². The first-order chi connectivity index (χ1) is 13.7. The first kappa shape index (κ1) is 18.1. The summed E-state index contributed by atoms with van der Waals surface area (Å²) >= 11 is 0. The summed E-state index contributed by atoms with van der Waals surface area (Å²) in [6.45, 7) is 1.37. The van der Waals surface area contributed by atoms with Crippen LogP contribution in [-0.2, 0) is 11.2 Å². The molecular formula is C20H22N6O2. The quantitative estimate of drug-likeness (QED) is 0.585. The number of hydrogen-bond acceptors (Lipinski definition) is 6. The molecule has 2 aromatic heterocycles. The third-order valence-corrected chi connectivity index (χ3v) is 4.98. The van der Waals surface area contributed by atoms with Crippen LogP contribution < -0.4 is 11.3 Å². The van der Waals surface area contributed by atoms with E-state index in [0.29, 0.717) is 42.2 Å². The lowest BCUT2D eigenvalue weighted by Gasteiger charge is -2.22. The zero-order valence-electron chi connectivity index (χ0n) is 15.4. The molecule has 0 saturated carbocycles. The molecule has 1 aromatic carbocycles. The van der Waals surface area contributed by atoms with Gasteiger partial charge in [0.2, 0.25) is 0 Å². The molecule has 4 N–H and O–H groups in total. The summed E-state index contributed by atoms with van der Waals surface area (Å²) in [6, 6.07) is 7.75. The zero-order valence-corrected chi connectivity index (χ0v) is 15.4. The van der Waals surface area contributed by atoms with Gasteiger partial charge >= 0.3 is 0 Å². The summed E-state index contributed by atoms with van der Waals surface area (Å²) in [7, 11) is 0. The smallest absolute Gasteiger partial charge is 0.262 e. The first-order valence-electron chi connectivity index (χ1n) is 9.26. The van der Waals surface area contributed by atoms with Crippen LogP contribution in [0.2, 0.25) is 0 Å². The maximum atomic E-state index is 12.6. The van der Waals surface area contributed by atoms with Crippen LogP contribution in [0.15, 0.2) is 47.5 Å². The third-order valence-electron chi connectivity index (χ3n) is 4.98. The lowest BCUT2D eigenvalue weighted by Crippen LogP contribution is -2.21. The summed E-state index contributed by atoms with van der Waals surface area (Å²) < 4.78 is 7.28. The number of nitrogens with two attached hydrogens (primary N) is 1. The highest BCUT2D eigenvalue weighted by Gasteiger charge is 2.20. The number of H-pyrrole nitrogens is 1. The SMILES string of the molecule is N=C(/C=C\N)c1ccccc1Cc1nc2c(cnn2C2CCOCC2)c(=O)[nH]1. The van der Waals surface area contributed by atoms with Crippen LogP contribution >= 0.6 is 0 Å². The Kier molecular flexibility index (Phi) is 5.03. The van der Waals surface area contributed by atoms with Crippen LogP contribution in [0.25, 0.3) is 11.0 Å². The molecule has 1 aliphatic heterocycles. The molecule has 0 bridgehead atoms. The molecular weight excluding hydrogens is 356 g/mol. The number of rotatable bonds is 5. The van der Waals surface area contributed by atoms with Crippen molar-refractivity contribution in [2.75, 3.05) is 13.2 Å². The third kappa shape index (κ3) is 3.46. The van der Waals surface area contributed by atoms with Gasteiger partial charge < -0.3 is 20.9 Å². The molecule has 0 spiro atoms. The number of hydrogen-bond donors (Lipinski definition) is 3. The van der Waals surface area contributed by atoms with Gasteiger partial charge in [-0.05, 0) is 30.7 Å². The van der Waals surface area contributed by atoms with Gasteiger partial charge in [-0.25, -0.2) is 9.67 Å². The van der Waals surface area contributed by atoms with Crippen molar-refractivity contribution in [2.45, 2.75) is 25.3 Å². The number of fused-ring (bicyclic) bond motifs is 1. The molecule has 28 heavy (non-hydrogen) atoms. The molecule has 8 heteroatoms. The van der Waals surface area contributed by atoms with Gasteiger partial charge in [-0.15, -0.1) is 0 Å². The molecule has 0 aliphatic carbocycles. The molecule has 0 unspecified atom stereocenters. The number of benzene rings is 1. The van der Waals surface area contributed by atoms with Gasteiger partial charge in [-0.2, -0.15) is 5.10 Å². The molecule has 1 aliphatic rings. The van der Waals surface area contributed by atoms with Crippen LogP contribution in [0.1, 0.15) is 35.8 Å². The second kappa shape index (κ2) is 7.77. The summed E-state index contributed by atoms with van der Waals surface area (Å²) in [5.41, 5.74) is 7.79. The van der Waals surface area contributed by atoms with E-state index < -0.39 is 0 Å². The Morgan fingerprint density at radius 3 is 2.93 bits per heavy atom. The van der Waals surface area contributed by atoms with Gasteiger partial charge in [0.05, 0.1) is 18.0 Å². The molecule has 144 valence electrons. The van der Waals surface area contributed by atoms with E-state index in [2.05, 4.69) is 10.1 Å². The first-order valence-corrected chi connectivity index (χ1v) is 9.26. The number of aromatic nitrogens is 4. The lowest BCUT2D eigenvalue weighted by atomic mass is 10.00. The second-order valence-electron chi connectivity index (χ2n) is 6.79. The van der Waals surface area contributed by atoms with Gasteiger partial charge in [0.25, 0.3) is 5.56 Å². The van der Waals surface area contributed by atoms with Crippen LogP contribution in [0.5, 0.6) is 0 Å². The second-order valence-corrected chi connectivity index (χ2v) is 6.79. The van der Waals surface area contributed by atoms with E-state index in [1.165, 1.54) is 6.20 Å². The van der Waals surface area contributed by atoms with E-state index in [1.54, 1.807) is 12.3 Å². The molecule has 4 rings (SSSR count). The van der Waals surface area contributed by atoms with Crippen molar-refractivity contribution in [3.05, 3.63) is 70.0 Å². The normalized spacial score (nSPS) is 15.4. The van der Waals surface area contributed by atoms with Crippen molar-refractivity contribution in [1.29, 1.82) is 5.41 Å². The van der Waals surface area contributed by atoms with Crippen molar-refractivity contribution in [3.63, 3.8) is 0 Å². The number of ether oxygens (including phenoxy) is 1. The van der Waals surface area contributed by atoms with E-state index in [1.807, 2.05) is 28.9 Å². The maximum Gasteiger partial charge on any atom is 0.262 e. The monoisotopic (exact) mass is 378 g/mol. The number of aromatic amines is 1. The van der Waals surface area contributed by atoms with Gasteiger partial charge in [-0.3, -0.25) is 4.79 Å². The summed E-state index contributed by atoms with van der Waals surface area (Å²) in [5, 5.41) is 13.1. The minimum Gasteiger partial charge on any atom is -0.405 e. The zero-order chi connectivity index (χ0) is 19.5. The molecule has 1 fully saturated rings. The van der Waals surface area contributed by atoms with Gasteiger partial charge in [-0.1, -0.05) is 24.3 Å².